The minimum Gasteiger partial charge on any atom is -0.387 e. The fourth-order valence-electron chi connectivity index (χ4n) is 4.70. The Kier molecular flexibility index (Phi) is 3.43. The predicted molar refractivity (Wildman–Crippen MR) is 88.7 cm³/mol. The molecule has 5 atom stereocenters. The van der Waals surface area contributed by atoms with E-state index in [0.29, 0.717) is 6.04 Å². The highest BCUT2D eigenvalue weighted by atomic mass is 16.3. The molecule has 116 valence electrons. The van der Waals surface area contributed by atoms with Gasteiger partial charge >= 0.3 is 0 Å². The average Bonchev–Trinajstić information content (AvgIpc) is 3.10. The number of rotatable bonds is 3. The fourth-order valence-corrected chi connectivity index (χ4v) is 4.70. The van der Waals surface area contributed by atoms with Gasteiger partial charge in [0.2, 0.25) is 0 Å². The van der Waals surface area contributed by atoms with Crippen molar-refractivity contribution in [2.45, 2.75) is 51.3 Å². The highest BCUT2D eigenvalue weighted by Gasteiger charge is 2.47. The second-order valence-electron chi connectivity index (χ2n) is 6.93. The number of hydrogen-bond donors (Lipinski definition) is 1. The van der Waals surface area contributed by atoms with Crippen molar-refractivity contribution in [3.05, 3.63) is 41.6 Å². The molecule has 0 aliphatic carbocycles. The molecule has 0 saturated carbocycles. The number of fused-ring (bicyclic) bond motifs is 3. The number of aromatic nitrogens is 1. The maximum atomic E-state index is 11.1. The molecule has 1 aromatic heterocycles. The van der Waals surface area contributed by atoms with Gasteiger partial charge in [0.15, 0.2) is 0 Å². The smallest absolute Gasteiger partial charge is 0.0952 e. The first-order valence-electron chi connectivity index (χ1n) is 8.48. The molecule has 0 radical (unpaired) electrons. The van der Waals surface area contributed by atoms with Crippen LogP contribution in [-0.4, -0.2) is 33.6 Å². The summed E-state index contributed by atoms with van der Waals surface area (Å²) in [5.41, 5.74) is 3.24. The first-order chi connectivity index (χ1) is 10.7. The second kappa shape index (κ2) is 5.32. The third-order valence-corrected chi connectivity index (χ3v) is 5.73. The van der Waals surface area contributed by atoms with Gasteiger partial charge in [-0.25, -0.2) is 0 Å². The topological polar surface area (TPSA) is 36.4 Å². The van der Waals surface area contributed by atoms with E-state index < -0.39 is 6.10 Å². The van der Waals surface area contributed by atoms with Crippen LogP contribution in [-0.2, 0) is 0 Å². The summed E-state index contributed by atoms with van der Waals surface area (Å²) in [5, 5.41) is 12.2. The Labute approximate surface area is 132 Å². The Morgan fingerprint density at radius 3 is 3.00 bits per heavy atom. The van der Waals surface area contributed by atoms with E-state index in [0.717, 1.165) is 35.3 Å². The van der Waals surface area contributed by atoms with Gasteiger partial charge in [0, 0.05) is 23.7 Å². The minimum absolute atomic E-state index is 0.273. The third-order valence-electron chi connectivity index (χ3n) is 5.73. The molecule has 2 bridgehead atoms. The van der Waals surface area contributed by atoms with Gasteiger partial charge in [-0.2, -0.15) is 0 Å². The van der Waals surface area contributed by atoms with Gasteiger partial charge in [0.25, 0.3) is 0 Å². The highest BCUT2D eigenvalue weighted by Crippen LogP contribution is 2.45. The van der Waals surface area contributed by atoms with E-state index in [4.69, 9.17) is 0 Å². The number of aliphatic hydroxyl groups excluding tert-OH is 1. The van der Waals surface area contributed by atoms with Crippen molar-refractivity contribution in [1.29, 1.82) is 0 Å². The summed E-state index contributed by atoms with van der Waals surface area (Å²) >= 11 is 0. The zero-order chi connectivity index (χ0) is 15.3. The molecule has 22 heavy (non-hydrogen) atoms. The molecule has 2 fully saturated rings. The zero-order valence-electron chi connectivity index (χ0n) is 13.4. The summed E-state index contributed by atoms with van der Waals surface area (Å²) in [5.74, 6) is 0.777. The van der Waals surface area contributed by atoms with Gasteiger partial charge in [0.05, 0.1) is 11.6 Å². The number of nitrogens with zero attached hydrogens (tertiary/aromatic N) is 2. The van der Waals surface area contributed by atoms with Gasteiger partial charge in [-0.1, -0.05) is 18.6 Å². The molecule has 2 aliphatic rings. The molecule has 3 heterocycles. The monoisotopic (exact) mass is 296 g/mol. The van der Waals surface area contributed by atoms with Crippen LogP contribution in [0.25, 0.3) is 10.9 Å². The molecule has 3 heteroatoms. The number of aryl methyl sites for hydroxylation is 1. The standard InChI is InChI=1S/C19H24N2O/c1-3-17-13-7-9-21(17)18(11-13)19(22)14-6-8-20-16-5-4-12(2)10-15(14)16/h4-6,8,10,13,17-19,22H,3,7,9,11H2,1-2H3. The van der Waals surface area contributed by atoms with E-state index in [1.807, 2.05) is 12.3 Å². The van der Waals surface area contributed by atoms with Crippen LogP contribution in [0.5, 0.6) is 0 Å². The van der Waals surface area contributed by atoms with Crippen LogP contribution < -0.4 is 0 Å². The van der Waals surface area contributed by atoms with Crippen molar-refractivity contribution in [3.8, 4) is 0 Å². The number of piperidine rings is 1. The van der Waals surface area contributed by atoms with E-state index in [1.54, 1.807) is 0 Å². The average molecular weight is 296 g/mol. The predicted octanol–water partition coefficient (Wildman–Crippen LogP) is 3.45. The first kappa shape index (κ1) is 14.2. The summed E-state index contributed by atoms with van der Waals surface area (Å²) in [7, 11) is 0. The Balaban J connectivity index is 1.72. The van der Waals surface area contributed by atoms with Crippen LogP contribution in [0.3, 0.4) is 0 Å². The number of hydrogen-bond acceptors (Lipinski definition) is 3. The van der Waals surface area contributed by atoms with Crippen LogP contribution in [0.4, 0.5) is 0 Å². The normalized spacial score (nSPS) is 31.8. The van der Waals surface area contributed by atoms with Crippen LogP contribution >= 0.6 is 0 Å². The molecule has 2 aliphatic heterocycles. The van der Waals surface area contributed by atoms with Crippen molar-refractivity contribution in [1.82, 2.24) is 9.88 Å². The summed E-state index contributed by atoms with van der Waals surface area (Å²) in [6, 6.07) is 9.24. The fraction of sp³-hybridized carbons (Fsp3) is 0.526. The van der Waals surface area contributed by atoms with Crippen LogP contribution in [0.1, 0.15) is 43.4 Å². The zero-order valence-corrected chi connectivity index (χ0v) is 13.4. The molecular formula is C19H24N2O. The van der Waals surface area contributed by atoms with E-state index in [9.17, 15) is 5.11 Å². The first-order valence-corrected chi connectivity index (χ1v) is 8.48. The minimum atomic E-state index is -0.411. The maximum absolute atomic E-state index is 11.1. The molecule has 3 nitrogen and oxygen atoms in total. The van der Waals surface area contributed by atoms with E-state index >= 15 is 0 Å². The Morgan fingerprint density at radius 1 is 1.36 bits per heavy atom. The van der Waals surface area contributed by atoms with Crippen molar-refractivity contribution in [2.75, 3.05) is 6.54 Å². The molecule has 2 aromatic rings. The van der Waals surface area contributed by atoms with Gasteiger partial charge in [-0.05, 0) is 62.4 Å². The molecule has 0 amide bonds. The molecule has 5 unspecified atom stereocenters. The molecular weight excluding hydrogens is 272 g/mol. The lowest BCUT2D eigenvalue weighted by Gasteiger charge is -2.31. The van der Waals surface area contributed by atoms with Gasteiger partial charge in [-0.3, -0.25) is 9.88 Å². The second-order valence-corrected chi connectivity index (χ2v) is 6.93. The van der Waals surface area contributed by atoms with Crippen molar-refractivity contribution >= 4 is 10.9 Å². The molecule has 2 saturated heterocycles. The van der Waals surface area contributed by atoms with E-state index in [-0.39, 0.29) is 6.04 Å². The van der Waals surface area contributed by atoms with Gasteiger partial charge in [0.1, 0.15) is 0 Å². The summed E-state index contributed by atoms with van der Waals surface area (Å²) in [4.78, 5) is 7.00. The molecule has 1 N–H and O–H groups in total. The summed E-state index contributed by atoms with van der Waals surface area (Å²) < 4.78 is 0. The van der Waals surface area contributed by atoms with Crippen molar-refractivity contribution < 1.29 is 5.11 Å². The summed E-state index contributed by atoms with van der Waals surface area (Å²) in [6.45, 7) is 5.51. The Hall–Kier alpha value is -1.45. The lowest BCUT2D eigenvalue weighted by molar-refractivity contribution is 0.0594. The maximum Gasteiger partial charge on any atom is 0.0952 e. The Bertz CT molecular complexity index is 699. The SMILES string of the molecule is CCC1C2CCN1C(C(O)c1ccnc3ccc(C)cc13)C2. The largest absolute Gasteiger partial charge is 0.387 e. The van der Waals surface area contributed by atoms with E-state index in [1.165, 1.54) is 18.4 Å². The third kappa shape index (κ3) is 2.07. The van der Waals surface area contributed by atoms with Crippen LogP contribution in [0, 0.1) is 12.8 Å². The van der Waals surface area contributed by atoms with Crippen LogP contribution in [0.2, 0.25) is 0 Å². The quantitative estimate of drug-likeness (QED) is 0.942. The van der Waals surface area contributed by atoms with Gasteiger partial charge < -0.3 is 5.11 Å². The van der Waals surface area contributed by atoms with E-state index in [2.05, 4.69) is 41.9 Å². The number of benzene rings is 1. The molecule has 4 rings (SSSR count). The molecule has 0 spiro atoms. The highest BCUT2D eigenvalue weighted by molar-refractivity contribution is 5.83. The Morgan fingerprint density at radius 2 is 2.23 bits per heavy atom. The van der Waals surface area contributed by atoms with Crippen LogP contribution in [0.15, 0.2) is 30.5 Å². The lowest BCUT2D eigenvalue weighted by Crippen LogP contribution is -2.38. The van der Waals surface area contributed by atoms with Gasteiger partial charge in [-0.15, -0.1) is 0 Å². The number of aliphatic hydroxyl groups is 1. The summed E-state index contributed by atoms with van der Waals surface area (Å²) in [6.07, 6.45) is 5.06. The lowest BCUT2D eigenvalue weighted by atomic mass is 9.90. The molecule has 1 aromatic carbocycles. The van der Waals surface area contributed by atoms with Crippen molar-refractivity contribution in [3.63, 3.8) is 0 Å². The number of pyridine rings is 1. The van der Waals surface area contributed by atoms with Crippen molar-refractivity contribution in [2.24, 2.45) is 5.92 Å².